The molecule has 0 spiro atoms. The number of rotatable bonds is 4. The molecule has 110 valence electrons. The standard InChI is InChI=1S/C15H18N4OS/c1-2-19-14(11-7-9-16-10-8-11)17-18-15(19)21-13-6-4-3-5-12(13)20/h7-10,13H,2-6H2,1H3. The fraction of sp³-hybridized carbons (Fsp3) is 0.467. The Bertz CT molecular complexity index is 626. The first-order chi connectivity index (χ1) is 10.3. The first kappa shape index (κ1) is 14.3. The lowest BCUT2D eigenvalue weighted by molar-refractivity contribution is -0.119. The summed E-state index contributed by atoms with van der Waals surface area (Å²) < 4.78 is 2.07. The van der Waals surface area contributed by atoms with Crippen LogP contribution in [0, 0.1) is 0 Å². The molecule has 1 fully saturated rings. The lowest BCUT2D eigenvalue weighted by atomic mass is 9.99. The summed E-state index contributed by atoms with van der Waals surface area (Å²) in [5.41, 5.74) is 1.00. The van der Waals surface area contributed by atoms with Crippen molar-refractivity contribution in [3.8, 4) is 11.4 Å². The topological polar surface area (TPSA) is 60.7 Å². The minimum atomic E-state index is 0.0403. The second kappa shape index (κ2) is 6.39. The fourth-order valence-corrected chi connectivity index (χ4v) is 3.80. The SMILES string of the molecule is CCn1c(SC2CCCCC2=O)nnc1-c1ccncc1. The first-order valence-electron chi connectivity index (χ1n) is 7.32. The van der Waals surface area contributed by atoms with Crippen LogP contribution >= 0.6 is 11.8 Å². The van der Waals surface area contributed by atoms with Crippen LogP contribution in [-0.4, -0.2) is 30.8 Å². The van der Waals surface area contributed by atoms with E-state index in [1.807, 2.05) is 12.1 Å². The van der Waals surface area contributed by atoms with Crippen molar-refractivity contribution in [2.45, 2.75) is 49.6 Å². The molecule has 1 unspecified atom stereocenters. The molecule has 21 heavy (non-hydrogen) atoms. The molecular formula is C15H18N4OS. The van der Waals surface area contributed by atoms with E-state index in [2.05, 4.69) is 26.7 Å². The van der Waals surface area contributed by atoms with Crippen LogP contribution in [0.4, 0.5) is 0 Å². The van der Waals surface area contributed by atoms with Crippen LogP contribution in [0.3, 0.4) is 0 Å². The summed E-state index contributed by atoms with van der Waals surface area (Å²) in [6, 6.07) is 3.85. The molecule has 0 N–H and O–H groups in total. The number of aromatic nitrogens is 4. The molecule has 1 saturated carbocycles. The number of Topliss-reactive ketones (excluding diaryl/α,β-unsaturated/α-hetero) is 1. The smallest absolute Gasteiger partial charge is 0.192 e. The zero-order valence-corrected chi connectivity index (χ0v) is 12.8. The molecule has 3 rings (SSSR count). The van der Waals surface area contributed by atoms with Gasteiger partial charge in [-0.25, -0.2) is 0 Å². The van der Waals surface area contributed by atoms with E-state index >= 15 is 0 Å². The van der Waals surface area contributed by atoms with Gasteiger partial charge in [0.25, 0.3) is 0 Å². The molecule has 2 aromatic heterocycles. The summed E-state index contributed by atoms with van der Waals surface area (Å²) in [5.74, 6) is 1.19. The normalized spacial score (nSPS) is 18.9. The van der Waals surface area contributed by atoms with Crippen molar-refractivity contribution in [1.29, 1.82) is 0 Å². The second-order valence-corrected chi connectivity index (χ2v) is 6.27. The highest BCUT2D eigenvalue weighted by molar-refractivity contribution is 8.00. The Labute approximate surface area is 128 Å². The van der Waals surface area contributed by atoms with Crippen molar-refractivity contribution in [1.82, 2.24) is 19.7 Å². The third-order valence-electron chi connectivity index (χ3n) is 3.72. The summed E-state index contributed by atoms with van der Waals surface area (Å²) in [4.78, 5) is 16.0. The van der Waals surface area contributed by atoms with E-state index in [-0.39, 0.29) is 5.25 Å². The van der Waals surface area contributed by atoms with Gasteiger partial charge in [-0.15, -0.1) is 10.2 Å². The van der Waals surface area contributed by atoms with Gasteiger partial charge in [0, 0.05) is 30.9 Å². The average molecular weight is 302 g/mol. The van der Waals surface area contributed by atoms with Gasteiger partial charge in [0.15, 0.2) is 11.0 Å². The van der Waals surface area contributed by atoms with Crippen molar-refractivity contribution in [3.63, 3.8) is 0 Å². The van der Waals surface area contributed by atoms with Crippen LogP contribution < -0.4 is 0 Å². The number of carbonyl (C=O) groups excluding carboxylic acids is 1. The minimum absolute atomic E-state index is 0.0403. The molecular weight excluding hydrogens is 284 g/mol. The van der Waals surface area contributed by atoms with Gasteiger partial charge in [0.2, 0.25) is 0 Å². The van der Waals surface area contributed by atoms with Crippen LogP contribution in [-0.2, 0) is 11.3 Å². The van der Waals surface area contributed by atoms with E-state index in [1.54, 1.807) is 24.2 Å². The second-order valence-electron chi connectivity index (χ2n) is 5.10. The molecule has 1 atom stereocenters. The Morgan fingerprint density at radius 3 is 2.81 bits per heavy atom. The van der Waals surface area contributed by atoms with Gasteiger partial charge in [0.05, 0.1) is 5.25 Å². The molecule has 2 heterocycles. The fourth-order valence-electron chi connectivity index (χ4n) is 2.58. The molecule has 2 aromatic rings. The lowest BCUT2D eigenvalue weighted by Crippen LogP contribution is -2.21. The molecule has 1 aliphatic rings. The van der Waals surface area contributed by atoms with Gasteiger partial charge in [-0.05, 0) is 31.9 Å². The van der Waals surface area contributed by atoms with E-state index in [0.717, 1.165) is 42.4 Å². The number of ketones is 1. The number of nitrogens with zero attached hydrogens (tertiary/aromatic N) is 4. The predicted molar refractivity (Wildman–Crippen MR) is 82.0 cm³/mol. The van der Waals surface area contributed by atoms with Gasteiger partial charge < -0.3 is 4.57 Å². The van der Waals surface area contributed by atoms with Gasteiger partial charge >= 0.3 is 0 Å². The summed E-state index contributed by atoms with van der Waals surface area (Å²) in [6.07, 6.45) is 7.31. The monoisotopic (exact) mass is 302 g/mol. The largest absolute Gasteiger partial charge is 0.302 e. The average Bonchev–Trinajstić information content (AvgIpc) is 2.93. The number of hydrogen-bond donors (Lipinski definition) is 0. The van der Waals surface area contributed by atoms with Crippen molar-refractivity contribution in [2.75, 3.05) is 0 Å². The number of thioether (sulfide) groups is 1. The van der Waals surface area contributed by atoms with E-state index in [0.29, 0.717) is 12.2 Å². The summed E-state index contributed by atoms with van der Waals surface area (Å²) in [6.45, 7) is 2.86. The number of hydrogen-bond acceptors (Lipinski definition) is 5. The van der Waals surface area contributed by atoms with Gasteiger partial charge in [-0.1, -0.05) is 18.2 Å². The summed E-state index contributed by atoms with van der Waals surface area (Å²) >= 11 is 1.56. The highest BCUT2D eigenvalue weighted by Crippen LogP contribution is 2.32. The van der Waals surface area contributed by atoms with Crippen molar-refractivity contribution in [2.24, 2.45) is 0 Å². The maximum atomic E-state index is 12.0. The van der Waals surface area contributed by atoms with Gasteiger partial charge in [-0.3, -0.25) is 9.78 Å². The van der Waals surface area contributed by atoms with Crippen molar-refractivity contribution >= 4 is 17.5 Å². The summed E-state index contributed by atoms with van der Waals surface area (Å²) in [5, 5.41) is 9.47. The summed E-state index contributed by atoms with van der Waals surface area (Å²) in [7, 11) is 0. The molecule has 5 nitrogen and oxygen atoms in total. The van der Waals surface area contributed by atoms with Crippen LogP contribution in [0.25, 0.3) is 11.4 Å². The van der Waals surface area contributed by atoms with Crippen LogP contribution in [0.5, 0.6) is 0 Å². The zero-order chi connectivity index (χ0) is 14.7. The Balaban J connectivity index is 1.86. The molecule has 0 aromatic carbocycles. The lowest BCUT2D eigenvalue weighted by Gasteiger charge is -2.19. The van der Waals surface area contributed by atoms with E-state index in [9.17, 15) is 4.79 Å². The van der Waals surface area contributed by atoms with E-state index in [4.69, 9.17) is 0 Å². The maximum Gasteiger partial charge on any atom is 0.192 e. The highest BCUT2D eigenvalue weighted by Gasteiger charge is 2.26. The Morgan fingerprint density at radius 2 is 2.10 bits per heavy atom. The molecule has 0 aliphatic heterocycles. The predicted octanol–water partition coefficient (Wildman–Crippen LogP) is 2.96. The molecule has 0 radical (unpaired) electrons. The van der Waals surface area contributed by atoms with Crippen LogP contribution in [0.15, 0.2) is 29.7 Å². The Morgan fingerprint density at radius 1 is 1.29 bits per heavy atom. The number of pyridine rings is 1. The molecule has 0 bridgehead atoms. The van der Waals surface area contributed by atoms with Crippen LogP contribution in [0.1, 0.15) is 32.6 Å². The first-order valence-corrected chi connectivity index (χ1v) is 8.20. The minimum Gasteiger partial charge on any atom is -0.302 e. The number of carbonyl (C=O) groups is 1. The highest BCUT2D eigenvalue weighted by atomic mass is 32.2. The van der Waals surface area contributed by atoms with Crippen LogP contribution in [0.2, 0.25) is 0 Å². The van der Waals surface area contributed by atoms with Gasteiger partial charge in [0.1, 0.15) is 5.78 Å². The third-order valence-corrected chi connectivity index (χ3v) is 5.01. The molecule has 0 saturated heterocycles. The molecule has 6 heteroatoms. The third kappa shape index (κ3) is 3.00. The Kier molecular flexibility index (Phi) is 4.34. The van der Waals surface area contributed by atoms with E-state index < -0.39 is 0 Å². The Hall–Kier alpha value is -1.69. The van der Waals surface area contributed by atoms with Crippen molar-refractivity contribution < 1.29 is 4.79 Å². The zero-order valence-electron chi connectivity index (χ0n) is 12.0. The maximum absolute atomic E-state index is 12.0. The van der Waals surface area contributed by atoms with Gasteiger partial charge in [-0.2, -0.15) is 0 Å². The molecule has 1 aliphatic carbocycles. The van der Waals surface area contributed by atoms with Crippen molar-refractivity contribution in [3.05, 3.63) is 24.5 Å². The van der Waals surface area contributed by atoms with E-state index in [1.165, 1.54) is 0 Å². The molecule has 0 amide bonds. The quantitative estimate of drug-likeness (QED) is 0.869.